The molecule has 10 rings (SSSR count). The van der Waals surface area contributed by atoms with Crippen LogP contribution in [0.4, 0.5) is 5.69 Å². The van der Waals surface area contributed by atoms with Crippen LogP contribution in [0.15, 0.2) is 238 Å². The van der Waals surface area contributed by atoms with Crippen molar-refractivity contribution in [2.45, 2.75) is 0 Å². The molecule has 5 nitrogen and oxygen atoms in total. The number of aliphatic imine (C=N–C) groups is 3. The fourth-order valence-electron chi connectivity index (χ4n) is 7.55. The second-order valence-electron chi connectivity index (χ2n) is 13.7. The van der Waals surface area contributed by atoms with E-state index in [1.807, 2.05) is 60.8 Å². The van der Waals surface area contributed by atoms with Crippen molar-refractivity contribution in [2.24, 2.45) is 15.0 Å². The van der Waals surface area contributed by atoms with Gasteiger partial charge in [0, 0.05) is 11.1 Å². The van der Waals surface area contributed by atoms with Crippen LogP contribution in [0.3, 0.4) is 0 Å². The standard InChI is InChI=1S/C51H33N5.Ni/c1-6-16-34(17-7-1)47-40-26-27-41(53-40)48(35-18-8-2-9-19-35)43-30-31-45(55-43)50(37-22-12-4-13-23-37)51-38(33-52-39-24-14-5-15-25-39)32-46(56-51)49(36-20-10-3-11-21-36)44-29-28-42(47)54-44;/h1-33H;/q-2;+2/b38-33-,47-40?,48-43?,49-44?,50-45?;. The molecule has 0 aliphatic carbocycles. The molecule has 5 heterocycles. The van der Waals surface area contributed by atoms with Crippen LogP contribution >= 0.6 is 0 Å². The van der Waals surface area contributed by atoms with Crippen molar-refractivity contribution in [3.05, 3.63) is 261 Å². The van der Waals surface area contributed by atoms with E-state index in [0.29, 0.717) is 0 Å². The third-order valence-corrected chi connectivity index (χ3v) is 10.1. The number of aromatic nitrogens is 1. The molecule has 57 heavy (non-hydrogen) atoms. The predicted octanol–water partition coefficient (Wildman–Crippen LogP) is 9.82. The zero-order chi connectivity index (χ0) is 37.3. The van der Waals surface area contributed by atoms with E-state index in [1.54, 1.807) is 0 Å². The van der Waals surface area contributed by atoms with Gasteiger partial charge in [-0.15, -0.1) is 16.4 Å². The van der Waals surface area contributed by atoms with Crippen LogP contribution in [0, 0.1) is 0 Å². The topological polar surface area (TPSA) is 65.3 Å². The summed E-state index contributed by atoms with van der Waals surface area (Å²) in [5, 5.41) is 6.59. The Labute approximate surface area is 341 Å². The van der Waals surface area contributed by atoms with Gasteiger partial charge < -0.3 is 10.3 Å². The third kappa shape index (κ3) is 6.88. The molecule has 5 aromatic carbocycles. The van der Waals surface area contributed by atoms with Gasteiger partial charge in [-0.1, -0.05) is 164 Å². The molecular formula is C51H33N5Ni. The van der Waals surface area contributed by atoms with Crippen LogP contribution in [0.2, 0.25) is 0 Å². The minimum Gasteiger partial charge on any atom is -0.664 e. The summed E-state index contributed by atoms with van der Waals surface area (Å²) in [6, 6.07) is 55.8. The van der Waals surface area contributed by atoms with Crippen molar-refractivity contribution in [1.82, 2.24) is 4.98 Å². The summed E-state index contributed by atoms with van der Waals surface area (Å²) in [6.45, 7) is 0. The van der Waals surface area contributed by atoms with Crippen LogP contribution in [0.25, 0.3) is 27.6 Å². The summed E-state index contributed by atoms with van der Waals surface area (Å²) in [6.07, 6.45) is 12.5. The number of fused-ring (bicyclic) bond motifs is 5. The van der Waals surface area contributed by atoms with Gasteiger partial charge in [-0.3, -0.25) is 0 Å². The first-order valence-electron chi connectivity index (χ1n) is 18.7. The Morgan fingerprint density at radius 3 is 1.42 bits per heavy atom. The SMILES string of the molecule is C1=CC2=C(c3ccccc3)C3=C/C(=C/[N-]c4ccccc4)C(=N3)C(c3ccccc3)=c3ccc([n-]3)=C(c3ccccc3)C3=NC(=C(c4ccccc4)C1=N2)C=C3.[Ni+2]. The monoisotopic (exact) mass is 773 g/mol. The predicted molar refractivity (Wildman–Crippen MR) is 230 cm³/mol. The van der Waals surface area contributed by atoms with Crippen LogP contribution in [-0.4, -0.2) is 17.1 Å². The molecule has 6 heteroatoms. The second kappa shape index (κ2) is 15.5. The summed E-state index contributed by atoms with van der Waals surface area (Å²) < 4.78 is 0. The Bertz CT molecular complexity index is 2930. The van der Waals surface area contributed by atoms with Crippen LogP contribution in [-0.2, 0) is 16.5 Å². The van der Waals surface area contributed by atoms with E-state index in [2.05, 4.69) is 140 Å². The summed E-state index contributed by atoms with van der Waals surface area (Å²) in [4.78, 5) is 21.7. The molecule has 8 bridgehead atoms. The van der Waals surface area contributed by atoms with E-state index in [4.69, 9.17) is 25.3 Å². The minimum atomic E-state index is 0. The van der Waals surface area contributed by atoms with E-state index in [-0.39, 0.29) is 16.5 Å². The third-order valence-electron chi connectivity index (χ3n) is 10.1. The number of nitrogens with zero attached hydrogens (tertiary/aromatic N) is 5. The molecule has 0 spiro atoms. The summed E-state index contributed by atoms with van der Waals surface area (Å²) >= 11 is 0. The molecule has 0 radical (unpaired) electrons. The minimum absolute atomic E-state index is 0. The van der Waals surface area contributed by atoms with Gasteiger partial charge in [0.25, 0.3) is 0 Å². The summed E-state index contributed by atoms with van der Waals surface area (Å²) in [7, 11) is 0. The molecule has 0 amide bonds. The van der Waals surface area contributed by atoms with E-state index >= 15 is 0 Å². The first-order valence-corrected chi connectivity index (χ1v) is 18.7. The van der Waals surface area contributed by atoms with E-state index < -0.39 is 0 Å². The number of benzene rings is 5. The largest absolute Gasteiger partial charge is 2.00 e. The number of allylic oxidation sites excluding steroid dienone is 8. The number of para-hydroxylation sites is 1. The first kappa shape index (κ1) is 35.6. The van der Waals surface area contributed by atoms with E-state index in [1.165, 1.54) is 0 Å². The molecule has 0 saturated heterocycles. The fourth-order valence-corrected chi connectivity index (χ4v) is 7.55. The molecule has 4 aliphatic heterocycles. The molecule has 272 valence electrons. The van der Waals surface area contributed by atoms with Gasteiger partial charge in [0.05, 0.1) is 34.2 Å². The van der Waals surface area contributed by atoms with E-state index in [9.17, 15) is 0 Å². The number of hydrogen-bond donors (Lipinski definition) is 0. The second-order valence-corrected chi connectivity index (χ2v) is 13.7. The fraction of sp³-hybridized carbons (Fsp3) is 0. The van der Waals surface area contributed by atoms with Crippen molar-refractivity contribution in [3.63, 3.8) is 0 Å². The maximum atomic E-state index is 5.53. The molecule has 0 N–H and O–H groups in total. The maximum absolute atomic E-state index is 5.53. The van der Waals surface area contributed by atoms with Crippen LogP contribution in [0.5, 0.6) is 0 Å². The average Bonchev–Trinajstić information content (AvgIpc) is 4.10. The first-order chi connectivity index (χ1) is 27.8. The van der Waals surface area contributed by atoms with Crippen molar-refractivity contribution in [1.29, 1.82) is 0 Å². The smallest absolute Gasteiger partial charge is 0.664 e. The summed E-state index contributed by atoms with van der Waals surface area (Å²) in [5.74, 6) is 0. The van der Waals surface area contributed by atoms with Gasteiger partial charge >= 0.3 is 16.5 Å². The Hall–Kier alpha value is -7.14. The Balaban J connectivity index is 0.00000422. The molecule has 4 aliphatic rings. The zero-order valence-electron chi connectivity index (χ0n) is 30.6. The number of hydrogen-bond acceptors (Lipinski definition) is 3. The molecule has 6 aromatic rings. The van der Waals surface area contributed by atoms with Gasteiger partial charge in [0.2, 0.25) is 0 Å². The molecule has 0 unspecified atom stereocenters. The van der Waals surface area contributed by atoms with Crippen LogP contribution < -0.4 is 15.7 Å². The van der Waals surface area contributed by atoms with Crippen LogP contribution in [0.1, 0.15) is 22.3 Å². The normalized spacial score (nSPS) is 16.4. The van der Waals surface area contributed by atoms with Gasteiger partial charge in [-0.25, -0.2) is 15.0 Å². The molecule has 0 atom stereocenters. The quantitative estimate of drug-likeness (QED) is 0.156. The van der Waals surface area contributed by atoms with Gasteiger partial charge in [0.15, 0.2) is 0 Å². The van der Waals surface area contributed by atoms with E-state index in [0.717, 1.165) is 101 Å². The zero-order valence-corrected chi connectivity index (χ0v) is 31.6. The van der Waals surface area contributed by atoms with Gasteiger partial charge in [-0.05, 0) is 69.4 Å². The average molecular weight is 775 g/mol. The Morgan fingerprint density at radius 2 is 0.860 bits per heavy atom. The van der Waals surface area contributed by atoms with Crippen molar-refractivity contribution in [3.8, 4) is 0 Å². The van der Waals surface area contributed by atoms with Gasteiger partial charge in [0.1, 0.15) is 0 Å². The van der Waals surface area contributed by atoms with Gasteiger partial charge in [-0.2, -0.15) is 6.20 Å². The molecule has 1 aromatic heterocycles. The molecule has 0 saturated carbocycles. The molecular weight excluding hydrogens is 741 g/mol. The molecule has 0 fully saturated rings. The van der Waals surface area contributed by atoms with Crippen molar-refractivity contribution < 1.29 is 16.5 Å². The number of rotatable bonds is 6. The van der Waals surface area contributed by atoms with Crippen molar-refractivity contribution in [2.75, 3.05) is 0 Å². The maximum Gasteiger partial charge on any atom is 2.00 e. The van der Waals surface area contributed by atoms with Crippen molar-refractivity contribution >= 4 is 45.1 Å². The Kier molecular flexibility index (Phi) is 9.70. The Morgan fingerprint density at radius 1 is 0.421 bits per heavy atom. The summed E-state index contributed by atoms with van der Waals surface area (Å²) in [5.41, 5.74) is 14.5.